The van der Waals surface area contributed by atoms with Crippen molar-refractivity contribution >= 4 is 23.9 Å². The van der Waals surface area contributed by atoms with Gasteiger partial charge in [0.15, 0.2) is 29.1 Å². The number of hydrogen-bond donors (Lipinski definition) is 0. The Balaban J connectivity index is 1.73. The molecule has 2 aliphatic rings. The summed E-state index contributed by atoms with van der Waals surface area (Å²) in [6.45, 7) is 3.25. The van der Waals surface area contributed by atoms with Gasteiger partial charge in [-0.25, -0.2) is 27.5 Å². The Kier molecular flexibility index (Phi) is 4.77. The molecule has 4 unspecified atom stereocenters. The molecule has 0 saturated carbocycles. The first kappa shape index (κ1) is 19.7. The zero-order valence-corrected chi connectivity index (χ0v) is 16.0. The summed E-state index contributed by atoms with van der Waals surface area (Å²) in [4.78, 5) is 8.55. The van der Waals surface area contributed by atoms with Crippen molar-refractivity contribution in [3.8, 4) is 0 Å². The zero-order valence-electron chi connectivity index (χ0n) is 15.2. The van der Waals surface area contributed by atoms with E-state index < -0.39 is 47.1 Å². The van der Waals surface area contributed by atoms with Crippen molar-refractivity contribution in [1.29, 1.82) is 0 Å². The maximum atomic E-state index is 14.5. The van der Waals surface area contributed by atoms with Gasteiger partial charge >= 0.3 is 0 Å². The lowest BCUT2D eigenvalue weighted by atomic mass is 9.89. The largest absolute Gasteiger partial charge is 0.473 e. The van der Waals surface area contributed by atoms with Crippen LogP contribution in [0.4, 0.5) is 17.6 Å². The highest BCUT2D eigenvalue weighted by Crippen LogP contribution is 2.43. The Bertz CT molecular complexity index is 1020. The normalized spacial score (nSPS) is 28.2. The summed E-state index contributed by atoms with van der Waals surface area (Å²) < 4.78 is 66.3. The third-order valence-corrected chi connectivity index (χ3v) is 5.29. The maximum absolute atomic E-state index is 14.5. The molecule has 0 fully saturated rings. The Morgan fingerprint density at radius 1 is 1.10 bits per heavy atom. The molecule has 0 aliphatic carbocycles. The first-order valence-electron chi connectivity index (χ1n) is 8.68. The standard InChI is InChI=1S/C20H14ClF4N2O2/c1-9-17(10-6-13(22)16(25)14(23)7-10)27-19(29-9)20(2)18(28-8-26-20)11-4-3-5-12(21)15(11)24/h3-7,9,17-18H,1-2H3. The van der Waals surface area contributed by atoms with E-state index in [2.05, 4.69) is 16.4 Å². The minimum atomic E-state index is -1.56. The number of hydrogen-bond acceptors (Lipinski definition) is 4. The number of aliphatic imine (C=N–C) groups is 2. The molecule has 2 aromatic rings. The van der Waals surface area contributed by atoms with Gasteiger partial charge in [-0.2, -0.15) is 0 Å². The van der Waals surface area contributed by atoms with Crippen LogP contribution < -0.4 is 0 Å². The molecule has 9 heteroatoms. The van der Waals surface area contributed by atoms with Gasteiger partial charge in [-0.1, -0.05) is 23.7 Å². The van der Waals surface area contributed by atoms with E-state index in [-0.39, 0.29) is 22.0 Å². The third-order valence-electron chi connectivity index (χ3n) is 5.00. The average Bonchev–Trinajstić information content (AvgIpc) is 3.26. The summed E-state index contributed by atoms with van der Waals surface area (Å²) in [6, 6.07) is 5.38. The number of benzene rings is 2. The molecule has 0 N–H and O–H groups in total. The molecule has 0 spiro atoms. The van der Waals surface area contributed by atoms with Crippen molar-refractivity contribution in [3.05, 3.63) is 69.8 Å². The molecule has 1 radical (unpaired) electrons. The molecule has 2 aromatic carbocycles. The number of rotatable bonds is 3. The van der Waals surface area contributed by atoms with Crippen molar-refractivity contribution < 1.29 is 27.0 Å². The minimum Gasteiger partial charge on any atom is -0.473 e. The molecule has 4 nitrogen and oxygen atoms in total. The maximum Gasteiger partial charge on any atom is 0.275 e. The molecule has 29 heavy (non-hydrogen) atoms. The van der Waals surface area contributed by atoms with Crippen LogP contribution >= 0.6 is 11.6 Å². The molecule has 0 amide bonds. The van der Waals surface area contributed by atoms with Crippen molar-refractivity contribution in [2.24, 2.45) is 9.98 Å². The predicted octanol–water partition coefficient (Wildman–Crippen LogP) is 5.19. The van der Waals surface area contributed by atoms with E-state index >= 15 is 0 Å². The molecule has 2 aliphatic heterocycles. The van der Waals surface area contributed by atoms with Crippen LogP contribution in [0.25, 0.3) is 0 Å². The molecule has 0 saturated heterocycles. The predicted molar refractivity (Wildman–Crippen MR) is 98.1 cm³/mol. The lowest BCUT2D eigenvalue weighted by Gasteiger charge is -2.27. The van der Waals surface area contributed by atoms with Gasteiger partial charge in [-0.05, 0) is 37.6 Å². The van der Waals surface area contributed by atoms with E-state index in [9.17, 15) is 17.6 Å². The molecule has 0 bridgehead atoms. The summed E-state index contributed by atoms with van der Waals surface area (Å²) in [5.41, 5.74) is -1.05. The van der Waals surface area contributed by atoms with Crippen LogP contribution in [0, 0.1) is 23.3 Å². The summed E-state index contributed by atoms with van der Waals surface area (Å²) in [6.07, 6.45) is 0.767. The van der Waals surface area contributed by atoms with E-state index in [0.717, 1.165) is 12.1 Å². The first-order chi connectivity index (χ1) is 13.7. The van der Waals surface area contributed by atoms with Crippen LogP contribution in [-0.4, -0.2) is 23.9 Å². The van der Waals surface area contributed by atoms with Gasteiger partial charge in [0.2, 0.25) is 5.90 Å². The monoisotopic (exact) mass is 425 g/mol. The minimum absolute atomic E-state index is 0.0783. The first-order valence-corrected chi connectivity index (χ1v) is 9.06. The van der Waals surface area contributed by atoms with Gasteiger partial charge in [0, 0.05) is 5.56 Å². The molecule has 2 heterocycles. The van der Waals surface area contributed by atoms with Gasteiger partial charge in [-0.3, -0.25) is 0 Å². The highest BCUT2D eigenvalue weighted by Gasteiger charge is 2.51. The second-order valence-corrected chi connectivity index (χ2v) is 7.40. The van der Waals surface area contributed by atoms with Crippen molar-refractivity contribution in [3.63, 3.8) is 0 Å². The Labute approximate surface area is 168 Å². The lowest BCUT2D eigenvalue weighted by Crippen LogP contribution is -2.39. The Morgan fingerprint density at radius 3 is 2.48 bits per heavy atom. The lowest BCUT2D eigenvalue weighted by molar-refractivity contribution is 0.146. The number of nitrogens with zero attached hydrogens (tertiary/aromatic N) is 2. The molecule has 151 valence electrons. The molecule has 4 rings (SSSR count). The van der Waals surface area contributed by atoms with Crippen molar-refractivity contribution in [1.82, 2.24) is 0 Å². The number of ether oxygens (including phenoxy) is 2. The second kappa shape index (κ2) is 7.02. The average molecular weight is 426 g/mol. The molecular formula is C20H14ClF4N2O2. The number of halogens is 5. The Morgan fingerprint density at radius 2 is 1.79 bits per heavy atom. The topological polar surface area (TPSA) is 43.2 Å². The molecule has 0 aromatic heterocycles. The van der Waals surface area contributed by atoms with Crippen molar-refractivity contribution in [2.75, 3.05) is 0 Å². The second-order valence-electron chi connectivity index (χ2n) is 6.99. The zero-order chi connectivity index (χ0) is 20.9. The van der Waals surface area contributed by atoms with Crippen LogP contribution in [0.1, 0.15) is 37.1 Å². The van der Waals surface area contributed by atoms with Crippen LogP contribution in [0.3, 0.4) is 0 Å². The third kappa shape index (κ3) is 3.15. The fraction of sp³-hybridized carbons (Fsp3) is 0.300. The highest BCUT2D eigenvalue weighted by atomic mass is 35.5. The van der Waals surface area contributed by atoms with E-state index in [1.54, 1.807) is 19.9 Å². The van der Waals surface area contributed by atoms with E-state index in [1.165, 1.54) is 12.1 Å². The quantitative estimate of drug-likeness (QED) is 0.501. The summed E-state index contributed by atoms with van der Waals surface area (Å²) in [5.74, 6) is -4.80. The summed E-state index contributed by atoms with van der Waals surface area (Å²) in [5, 5.41) is -0.0851. The van der Waals surface area contributed by atoms with Gasteiger partial charge in [0.05, 0.1) is 5.02 Å². The van der Waals surface area contributed by atoms with E-state index in [4.69, 9.17) is 21.1 Å². The summed E-state index contributed by atoms with van der Waals surface area (Å²) >= 11 is 5.87. The van der Waals surface area contributed by atoms with E-state index in [0.29, 0.717) is 0 Å². The van der Waals surface area contributed by atoms with Crippen LogP contribution in [0.15, 0.2) is 40.3 Å². The molecular weight excluding hydrogens is 412 g/mol. The van der Waals surface area contributed by atoms with Gasteiger partial charge < -0.3 is 9.47 Å². The van der Waals surface area contributed by atoms with Gasteiger partial charge in [0.25, 0.3) is 6.40 Å². The molecule has 4 atom stereocenters. The van der Waals surface area contributed by atoms with Crippen LogP contribution in [-0.2, 0) is 9.47 Å². The van der Waals surface area contributed by atoms with Gasteiger partial charge in [-0.15, -0.1) is 0 Å². The van der Waals surface area contributed by atoms with Gasteiger partial charge in [0.1, 0.15) is 18.0 Å². The fourth-order valence-corrected chi connectivity index (χ4v) is 3.62. The highest BCUT2D eigenvalue weighted by molar-refractivity contribution is 6.30. The van der Waals surface area contributed by atoms with E-state index in [1.807, 2.05) is 0 Å². The van der Waals surface area contributed by atoms with Crippen LogP contribution in [0.5, 0.6) is 0 Å². The van der Waals surface area contributed by atoms with Crippen molar-refractivity contribution in [2.45, 2.75) is 37.6 Å². The van der Waals surface area contributed by atoms with Crippen LogP contribution in [0.2, 0.25) is 5.02 Å². The Hall–Kier alpha value is -2.61. The summed E-state index contributed by atoms with van der Waals surface area (Å²) in [7, 11) is 0. The smallest absolute Gasteiger partial charge is 0.275 e. The fourth-order valence-electron chi connectivity index (χ4n) is 3.44. The SMILES string of the molecule is CC1OC(C2(C)N=[C]OC2c2cccc(Cl)c2F)=NC1c1cc(F)c(F)c(F)c1.